The Morgan fingerprint density at radius 1 is 1.59 bits per heavy atom. The van der Waals surface area contributed by atoms with Gasteiger partial charge in [-0.2, -0.15) is 0 Å². The second-order valence-corrected chi connectivity index (χ2v) is 4.52. The number of amides is 1. The zero-order chi connectivity index (χ0) is 12.3. The molecule has 1 amide bonds. The van der Waals surface area contributed by atoms with Crippen LogP contribution in [0.15, 0.2) is 24.5 Å². The highest BCUT2D eigenvalue weighted by atomic mass is 16.2. The fraction of sp³-hybridized carbons (Fsp3) is 0.538. The van der Waals surface area contributed by atoms with Gasteiger partial charge in [-0.3, -0.25) is 9.78 Å². The molecule has 1 aliphatic heterocycles. The van der Waals surface area contributed by atoms with Crippen molar-refractivity contribution in [1.82, 2.24) is 9.88 Å². The monoisotopic (exact) mass is 233 g/mol. The molecule has 1 aromatic heterocycles. The van der Waals surface area contributed by atoms with E-state index in [2.05, 4.69) is 11.9 Å². The largest absolute Gasteiger partial charge is 0.334 e. The third-order valence-corrected chi connectivity index (χ3v) is 3.24. The normalized spacial score (nSPS) is 25.1. The van der Waals surface area contributed by atoms with Crippen molar-refractivity contribution in [1.29, 1.82) is 0 Å². The first-order valence-corrected chi connectivity index (χ1v) is 6.19. The molecule has 92 valence electrons. The molecule has 0 bridgehead atoms. The van der Waals surface area contributed by atoms with E-state index in [0.717, 1.165) is 24.9 Å². The van der Waals surface area contributed by atoms with Gasteiger partial charge in [-0.1, -0.05) is 13.0 Å². The number of hydrogen-bond acceptors (Lipinski definition) is 3. The molecule has 1 aromatic rings. The summed E-state index contributed by atoms with van der Waals surface area (Å²) in [5, 5.41) is 0. The predicted molar refractivity (Wildman–Crippen MR) is 66.2 cm³/mol. The quantitative estimate of drug-likeness (QED) is 0.860. The topological polar surface area (TPSA) is 59.2 Å². The highest BCUT2D eigenvalue weighted by Crippen LogP contribution is 2.30. The molecular weight excluding hydrogens is 214 g/mol. The molecule has 2 rings (SSSR count). The Morgan fingerprint density at radius 2 is 2.41 bits per heavy atom. The lowest BCUT2D eigenvalue weighted by molar-refractivity contribution is -0.137. The molecule has 2 heterocycles. The smallest absolute Gasteiger partial charge is 0.223 e. The third kappa shape index (κ3) is 2.47. The standard InChI is InChI=1S/C13H19N3O/c1-2-8-16-12(17)6-5-11(14)13(16)10-4-3-7-15-9-10/h3-4,7,9,11,13H,2,5-6,8,14H2,1H3. The summed E-state index contributed by atoms with van der Waals surface area (Å²) < 4.78 is 0. The highest BCUT2D eigenvalue weighted by molar-refractivity contribution is 5.77. The summed E-state index contributed by atoms with van der Waals surface area (Å²) in [6.07, 6.45) is 5.83. The lowest BCUT2D eigenvalue weighted by atomic mass is 9.91. The molecule has 0 aromatic carbocycles. The molecule has 2 atom stereocenters. The number of carbonyl (C=O) groups is 1. The molecule has 17 heavy (non-hydrogen) atoms. The number of piperidine rings is 1. The van der Waals surface area contributed by atoms with Crippen molar-refractivity contribution in [3.63, 3.8) is 0 Å². The van der Waals surface area contributed by atoms with Crippen molar-refractivity contribution >= 4 is 5.91 Å². The van der Waals surface area contributed by atoms with E-state index in [9.17, 15) is 4.79 Å². The lowest BCUT2D eigenvalue weighted by Crippen LogP contribution is -2.49. The van der Waals surface area contributed by atoms with Crippen LogP contribution in [0.2, 0.25) is 0 Å². The van der Waals surface area contributed by atoms with Crippen LogP contribution < -0.4 is 5.73 Å². The second kappa shape index (κ2) is 5.27. The van der Waals surface area contributed by atoms with Crippen molar-refractivity contribution in [2.45, 2.75) is 38.3 Å². The second-order valence-electron chi connectivity index (χ2n) is 4.52. The van der Waals surface area contributed by atoms with Gasteiger partial charge in [0.05, 0.1) is 6.04 Å². The molecule has 4 heteroatoms. The number of carbonyl (C=O) groups excluding carboxylic acids is 1. The van der Waals surface area contributed by atoms with E-state index in [1.54, 1.807) is 6.20 Å². The van der Waals surface area contributed by atoms with Crippen molar-refractivity contribution < 1.29 is 4.79 Å². The molecule has 4 nitrogen and oxygen atoms in total. The molecule has 1 saturated heterocycles. The Bertz CT molecular complexity index is 380. The molecule has 0 saturated carbocycles. The average Bonchev–Trinajstić information content (AvgIpc) is 2.35. The van der Waals surface area contributed by atoms with Crippen LogP contribution in [0.25, 0.3) is 0 Å². The van der Waals surface area contributed by atoms with Crippen LogP contribution in [0.1, 0.15) is 37.8 Å². The lowest BCUT2D eigenvalue weighted by Gasteiger charge is -2.39. The van der Waals surface area contributed by atoms with Gasteiger partial charge < -0.3 is 10.6 Å². The summed E-state index contributed by atoms with van der Waals surface area (Å²) >= 11 is 0. The number of rotatable bonds is 3. The SMILES string of the molecule is CCCN1C(=O)CCC(N)C1c1cccnc1. The van der Waals surface area contributed by atoms with Crippen molar-refractivity contribution in [2.24, 2.45) is 5.73 Å². The van der Waals surface area contributed by atoms with Gasteiger partial charge in [0.2, 0.25) is 5.91 Å². The fourth-order valence-electron chi connectivity index (χ4n) is 2.46. The number of pyridine rings is 1. The van der Waals surface area contributed by atoms with Gasteiger partial charge >= 0.3 is 0 Å². The Morgan fingerprint density at radius 3 is 3.06 bits per heavy atom. The van der Waals surface area contributed by atoms with Crippen molar-refractivity contribution in [2.75, 3.05) is 6.54 Å². The van der Waals surface area contributed by atoms with Crippen molar-refractivity contribution in [3.8, 4) is 0 Å². The highest BCUT2D eigenvalue weighted by Gasteiger charge is 2.34. The van der Waals surface area contributed by atoms with Crippen LogP contribution in [-0.4, -0.2) is 28.4 Å². The maximum atomic E-state index is 12.0. The van der Waals surface area contributed by atoms with Crippen molar-refractivity contribution in [3.05, 3.63) is 30.1 Å². The summed E-state index contributed by atoms with van der Waals surface area (Å²) in [5.41, 5.74) is 7.22. The van der Waals surface area contributed by atoms with E-state index < -0.39 is 0 Å². The van der Waals surface area contributed by atoms with Gasteiger partial charge in [-0.15, -0.1) is 0 Å². The van der Waals surface area contributed by atoms with E-state index in [1.807, 2.05) is 23.2 Å². The maximum absolute atomic E-state index is 12.0. The van der Waals surface area contributed by atoms with Gasteiger partial charge in [0.1, 0.15) is 0 Å². The summed E-state index contributed by atoms with van der Waals surface area (Å²) in [4.78, 5) is 18.0. The Hall–Kier alpha value is -1.42. The van der Waals surface area contributed by atoms with Crippen LogP contribution in [0, 0.1) is 0 Å². The predicted octanol–water partition coefficient (Wildman–Crippen LogP) is 1.48. The van der Waals surface area contributed by atoms with Gasteiger partial charge in [0, 0.05) is 31.4 Å². The van der Waals surface area contributed by atoms with Crippen LogP contribution in [0.4, 0.5) is 0 Å². The zero-order valence-corrected chi connectivity index (χ0v) is 10.2. The van der Waals surface area contributed by atoms with Gasteiger partial charge in [0.25, 0.3) is 0 Å². The Labute approximate surface area is 102 Å². The van der Waals surface area contributed by atoms with Crippen LogP contribution in [0.3, 0.4) is 0 Å². The molecule has 1 fully saturated rings. The molecule has 2 unspecified atom stereocenters. The first-order valence-electron chi connectivity index (χ1n) is 6.19. The molecule has 2 N–H and O–H groups in total. The minimum Gasteiger partial charge on any atom is -0.334 e. The first-order chi connectivity index (χ1) is 8.24. The van der Waals surface area contributed by atoms with Crippen LogP contribution in [0.5, 0.6) is 0 Å². The van der Waals surface area contributed by atoms with Gasteiger partial charge in [-0.05, 0) is 24.5 Å². The number of nitrogens with zero attached hydrogens (tertiary/aromatic N) is 2. The minimum atomic E-state index is -0.00935. The molecule has 0 radical (unpaired) electrons. The van der Waals surface area contributed by atoms with E-state index in [-0.39, 0.29) is 18.0 Å². The summed E-state index contributed by atoms with van der Waals surface area (Å²) in [7, 11) is 0. The summed E-state index contributed by atoms with van der Waals surface area (Å²) in [6, 6.07) is 3.90. The third-order valence-electron chi connectivity index (χ3n) is 3.24. The molecular formula is C13H19N3O. The zero-order valence-electron chi connectivity index (χ0n) is 10.2. The molecule has 0 aliphatic carbocycles. The molecule has 0 spiro atoms. The summed E-state index contributed by atoms with van der Waals surface area (Å²) in [5.74, 6) is 0.211. The van der Waals surface area contributed by atoms with Crippen LogP contribution >= 0.6 is 0 Å². The maximum Gasteiger partial charge on any atom is 0.223 e. The Kier molecular flexibility index (Phi) is 3.74. The van der Waals surface area contributed by atoms with Crippen LogP contribution in [-0.2, 0) is 4.79 Å². The number of nitrogens with two attached hydrogens (primary N) is 1. The van der Waals surface area contributed by atoms with E-state index in [4.69, 9.17) is 5.73 Å². The Balaban J connectivity index is 2.28. The molecule has 1 aliphatic rings. The van der Waals surface area contributed by atoms with E-state index in [1.165, 1.54) is 0 Å². The van der Waals surface area contributed by atoms with Gasteiger partial charge in [0.15, 0.2) is 0 Å². The number of aromatic nitrogens is 1. The van der Waals surface area contributed by atoms with Gasteiger partial charge in [-0.25, -0.2) is 0 Å². The van der Waals surface area contributed by atoms with E-state index >= 15 is 0 Å². The van der Waals surface area contributed by atoms with E-state index in [0.29, 0.717) is 6.42 Å². The number of likely N-dealkylation sites (tertiary alicyclic amines) is 1. The summed E-state index contributed by atoms with van der Waals surface area (Å²) in [6.45, 7) is 2.85. The minimum absolute atomic E-state index is 0.00935. The average molecular weight is 233 g/mol. The fourth-order valence-corrected chi connectivity index (χ4v) is 2.46. The number of hydrogen-bond donors (Lipinski definition) is 1. The first kappa shape index (κ1) is 12.0.